The number of aryl methyl sites for hydroxylation is 1. The normalized spacial score (nSPS) is 12.2. The van der Waals surface area contributed by atoms with Crippen LogP contribution in [-0.2, 0) is 11.2 Å². The average Bonchev–Trinajstić information content (AvgIpc) is 3.39. The molecule has 232 valence electrons. The summed E-state index contributed by atoms with van der Waals surface area (Å²) in [4.78, 5) is 16.9. The van der Waals surface area contributed by atoms with Gasteiger partial charge in [-0.05, 0) is 98.7 Å². The van der Waals surface area contributed by atoms with E-state index in [2.05, 4.69) is 63.5 Å². The Morgan fingerprint density at radius 1 is 1.00 bits per heavy atom. The lowest BCUT2D eigenvalue weighted by Gasteiger charge is -2.12. The van der Waals surface area contributed by atoms with Crippen LogP contribution in [0.2, 0.25) is 0 Å². The number of ether oxygens (including phenoxy) is 1. The molecule has 3 aromatic carbocycles. The highest BCUT2D eigenvalue weighted by molar-refractivity contribution is 9.10. The lowest BCUT2D eigenvalue weighted by atomic mass is 9.97. The van der Waals surface area contributed by atoms with Crippen LogP contribution in [0.25, 0.3) is 10.1 Å². The first-order valence-corrected chi connectivity index (χ1v) is 16.1. The number of hydrogen-bond acceptors (Lipinski definition) is 7. The zero-order chi connectivity index (χ0) is 32.2. The molecule has 0 radical (unpaired) electrons. The third-order valence-corrected chi connectivity index (χ3v) is 8.45. The van der Waals surface area contributed by atoms with Crippen LogP contribution in [0.15, 0.2) is 86.4 Å². The Bertz CT molecular complexity index is 1660. The van der Waals surface area contributed by atoms with Gasteiger partial charge >= 0.3 is 0 Å². The second-order valence-electron chi connectivity index (χ2n) is 10.8. The van der Waals surface area contributed by atoms with Gasteiger partial charge in [0.25, 0.3) is 0 Å². The molecule has 4 aromatic rings. The lowest BCUT2D eigenvalue weighted by Crippen LogP contribution is -2.21. The quantitative estimate of drug-likeness (QED) is 0.130. The van der Waals surface area contributed by atoms with Gasteiger partial charge in [-0.3, -0.25) is 9.79 Å². The van der Waals surface area contributed by atoms with Gasteiger partial charge in [0.2, 0.25) is 5.91 Å². The molecule has 7 nitrogen and oxygen atoms in total. The van der Waals surface area contributed by atoms with E-state index in [9.17, 15) is 9.90 Å². The van der Waals surface area contributed by atoms with Crippen LogP contribution < -0.4 is 10.1 Å². The first kappa shape index (κ1) is 34.7. The van der Waals surface area contributed by atoms with Gasteiger partial charge in [0.1, 0.15) is 11.5 Å². The first-order valence-electron chi connectivity index (χ1n) is 14.5. The monoisotopic (exact) mass is 676 g/mol. The summed E-state index contributed by atoms with van der Waals surface area (Å²) in [5.74, 6) is 1.40. The van der Waals surface area contributed by atoms with E-state index in [0.717, 1.165) is 50.5 Å². The molecule has 0 fully saturated rings. The van der Waals surface area contributed by atoms with E-state index in [4.69, 9.17) is 9.73 Å². The van der Waals surface area contributed by atoms with Crippen molar-refractivity contribution >= 4 is 60.4 Å². The molecule has 0 spiro atoms. The topological polar surface area (TPSA) is 95.6 Å². The number of phenols is 1. The number of thiophene rings is 1. The van der Waals surface area contributed by atoms with E-state index in [-0.39, 0.29) is 11.7 Å². The highest BCUT2D eigenvalue weighted by Crippen LogP contribution is 2.28. The Balaban J connectivity index is 0.000000278. The van der Waals surface area contributed by atoms with E-state index >= 15 is 0 Å². The highest BCUT2D eigenvalue weighted by Gasteiger charge is 2.12. The lowest BCUT2D eigenvalue weighted by molar-refractivity contribution is -0.118. The molecule has 9 heteroatoms. The number of phenolic OH excluding ortho intramolecular Hbond substituents is 1. The van der Waals surface area contributed by atoms with Gasteiger partial charge in [0.05, 0.1) is 25.1 Å². The van der Waals surface area contributed by atoms with Crippen molar-refractivity contribution in [2.75, 3.05) is 20.2 Å². The van der Waals surface area contributed by atoms with Crippen molar-refractivity contribution in [2.24, 2.45) is 21.1 Å². The molecule has 0 saturated carbocycles. The number of nitrogens with zero attached hydrogens (tertiary/aromatic N) is 3. The number of hydrogen-bond donors (Lipinski definition) is 2. The largest absolute Gasteiger partial charge is 0.508 e. The van der Waals surface area contributed by atoms with Crippen LogP contribution in [-0.4, -0.2) is 48.3 Å². The number of rotatable bonds is 10. The second kappa shape index (κ2) is 16.9. The Morgan fingerprint density at radius 3 is 2.39 bits per heavy atom. The van der Waals surface area contributed by atoms with Crippen LogP contribution in [0, 0.1) is 12.8 Å². The molecule has 0 bridgehead atoms. The number of halogens is 1. The molecule has 0 saturated heterocycles. The summed E-state index contributed by atoms with van der Waals surface area (Å²) < 4.78 is 7.78. The van der Waals surface area contributed by atoms with Crippen molar-refractivity contribution in [3.05, 3.63) is 92.8 Å². The maximum atomic E-state index is 10.7. The molecule has 44 heavy (non-hydrogen) atoms. The number of methoxy groups -OCH3 is 1. The van der Waals surface area contributed by atoms with Gasteiger partial charge in [-0.15, -0.1) is 11.3 Å². The van der Waals surface area contributed by atoms with Gasteiger partial charge in [-0.2, -0.15) is 10.2 Å². The van der Waals surface area contributed by atoms with Gasteiger partial charge in [0.15, 0.2) is 0 Å². The Labute approximate surface area is 272 Å². The predicted molar refractivity (Wildman–Crippen MR) is 189 cm³/mol. The third kappa shape index (κ3) is 10.7. The molecule has 0 atom stereocenters. The van der Waals surface area contributed by atoms with E-state index in [1.54, 1.807) is 37.5 Å². The van der Waals surface area contributed by atoms with Crippen LogP contribution >= 0.6 is 27.3 Å². The molecule has 0 unspecified atom stereocenters. The summed E-state index contributed by atoms with van der Waals surface area (Å²) in [5, 5.41) is 22.3. The molecule has 0 aliphatic carbocycles. The number of aromatic hydroxyl groups is 1. The smallest absolute Gasteiger partial charge is 0.216 e. The van der Waals surface area contributed by atoms with Crippen LogP contribution in [0.1, 0.15) is 56.2 Å². The highest BCUT2D eigenvalue weighted by atomic mass is 79.9. The summed E-state index contributed by atoms with van der Waals surface area (Å²) >= 11 is 5.24. The first-order chi connectivity index (χ1) is 21.0. The SMILES string of the molecule is CC(=O)NCCc1cc2ccc(Br)cc2s1.COc1ccc(C)c(C(=NC/C(C)=N/N=C(/C)C(C)C)c2ccc(O)cc2)c1. The average molecular weight is 678 g/mol. The van der Waals surface area contributed by atoms with E-state index in [0.29, 0.717) is 19.0 Å². The van der Waals surface area contributed by atoms with Crippen molar-refractivity contribution in [1.29, 1.82) is 0 Å². The van der Waals surface area contributed by atoms with Gasteiger partial charge in [-0.25, -0.2) is 0 Å². The van der Waals surface area contributed by atoms with Crippen LogP contribution in [0.5, 0.6) is 11.5 Å². The molecule has 2 N–H and O–H groups in total. The number of carbonyl (C=O) groups excluding carboxylic acids is 1. The fourth-order valence-electron chi connectivity index (χ4n) is 3.98. The predicted octanol–water partition coefficient (Wildman–Crippen LogP) is 8.38. The maximum Gasteiger partial charge on any atom is 0.216 e. The number of carbonyl (C=O) groups is 1. The van der Waals surface area contributed by atoms with Crippen molar-refractivity contribution in [3.63, 3.8) is 0 Å². The molecule has 0 aliphatic heterocycles. The Kier molecular flexibility index (Phi) is 13.3. The van der Waals surface area contributed by atoms with E-state index in [1.807, 2.05) is 57.2 Å². The fraction of sp³-hybridized carbons (Fsp3) is 0.314. The molecule has 4 rings (SSSR count). The van der Waals surface area contributed by atoms with Crippen molar-refractivity contribution in [2.45, 2.75) is 48.0 Å². The zero-order valence-corrected chi connectivity index (χ0v) is 28.8. The second-order valence-corrected chi connectivity index (χ2v) is 12.8. The molecular formula is C35H41BrN4O3S. The number of fused-ring (bicyclic) bond motifs is 1. The number of benzene rings is 3. The van der Waals surface area contributed by atoms with Crippen molar-refractivity contribution < 1.29 is 14.6 Å². The van der Waals surface area contributed by atoms with Crippen LogP contribution in [0.4, 0.5) is 0 Å². The number of nitrogens with one attached hydrogen (secondary N) is 1. The van der Waals surface area contributed by atoms with Gasteiger partial charge in [-0.1, -0.05) is 41.9 Å². The summed E-state index contributed by atoms with van der Waals surface area (Å²) in [6.07, 6.45) is 0.899. The van der Waals surface area contributed by atoms with Crippen LogP contribution in [0.3, 0.4) is 0 Å². The van der Waals surface area contributed by atoms with Crippen molar-refractivity contribution in [3.8, 4) is 11.5 Å². The summed E-state index contributed by atoms with van der Waals surface area (Å²) in [6, 6.07) is 21.5. The fourth-order valence-corrected chi connectivity index (χ4v) is 5.60. The summed E-state index contributed by atoms with van der Waals surface area (Å²) in [6.45, 7) is 12.8. The minimum Gasteiger partial charge on any atom is -0.508 e. The number of aliphatic imine (C=N–C) groups is 1. The Hall–Kier alpha value is -3.82. The van der Waals surface area contributed by atoms with E-state index < -0.39 is 0 Å². The standard InChI is InChI=1S/C23H29N3O2.C12H12BrNOS/c1-15(2)18(5)26-25-17(4)14-24-23(19-8-10-20(27)11-9-19)22-13-21(28-6)12-7-16(22)3;1-8(15)14-5-4-11-6-9-2-3-10(13)7-12(9)16-11/h7-13,15,27H,14H2,1-6H3;2-3,6-7H,4-5H2,1H3,(H,14,15)/b24-23?,25-17+,26-18-;. The molecule has 1 heterocycles. The number of amides is 1. The molecular weight excluding hydrogens is 636 g/mol. The summed E-state index contributed by atoms with van der Waals surface area (Å²) in [7, 11) is 1.65. The molecule has 0 aliphatic rings. The third-order valence-electron chi connectivity index (χ3n) is 6.80. The van der Waals surface area contributed by atoms with Gasteiger partial charge in [0, 0.05) is 44.4 Å². The zero-order valence-electron chi connectivity index (χ0n) is 26.4. The minimum absolute atomic E-state index is 0.0313. The Morgan fingerprint density at radius 2 is 1.73 bits per heavy atom. The van der Waals surface area contributed by atoms with E-state index in [1.165, 1.54) is 15.0 Å². The molecule has 1 amide bonds. The summed E-state index contributed by atoms with van der Waals surface area (Å²) in [5.41, 5.74) is 5.65. The minimum atomic E-state index is 0.0313. The van der Waals surface area contributed by atoms with Crippen molar-refractivity contribution in [1.82, 2.24) is 5.32 Å². The van der Waals surface area contributed by atoms with Gasteiger partial charge < -0.3 is 15.2 Å². The maximum absolute atomic E-state index is 10.7. The molecule has 1 aromatic heterocycles.